The molecule has 0 aliphatic heterocycles. The molecule has 0 heterocycles. The Morgan fingerprint density at radius 2 is 1.81 bits per heavy atom. The van der Waals surface area contributed by atoms with Crippen molar-refractivity contribution in [1.29, 1.82) is 0 Å². The molecule has 152 valence electrons. The minimum Gasteiger partial charge on any atom is -0.496 e. The van der Waals surface area contributed by atoms with Gasteiger partial charge in [0, 0.05) is 38.8 Å². The normalized spacial score (nSPS) is 11.9. The summed E-state index contributed by atoms with van der Waals surface area (Å²) < 4.78 is 10.0. The van der Waals surface area contributed by atoms with Gasteiger partial charge >= 0.3 is 5.97 Å². The molecule has 0 unspecified atom stereocenters. The summed E-state index contributed by atoms with van der Waals surface area (Å²) in [5, 5.41) is 6.60. The zero-order valence-electron chi connectivity index (χ0n) is 17.6. The van der Waals surface area contributed by atoms with Crippen molar-refractivity contribution in [2.24, 2.45) is 4.99 Å². The maximum atomic E-state index is 11.9. The summed E-state index contributed by atoms with van der Waals surface area (Å²) in [6, 6.07) is 6.44. The van der Waals surface area contributed by atoms with E-state index in [0.29, 0.717) is 29.9 Å². The molecule has 27 heavy (non-hydrogen) atoms. The minimum absolute atomic E-state index is 0.409. The predicted octanol–water partition coefficient (Wildman–Crippen LogP) is 2.27. The lowest BCUT2D eigenvalue weighted by atomic mass is 10.1. The molecule has 0 aliphatic rings. The SMILES string of the molecule is CN=C(NCCN(C(C)C)C(C)C)NCc1ccc(OC)c(C(=O)OC)c1. The van der Waals surface area contributed by atoms with E-state index in [1.807, 2.05) is 6.07 Å². The van der Waals surface area contributed by atoms with Gasteiger partial charge in [0.2, 0.25) is 0 Å². The van der Waals surface area contributed by atoms with Crippen molar-refractivity contribution in [3.8, 4) is 5.75 Å². The summed E-state index contributed by atoms with van der Waals surface area (Å²) in [6.45, 7) is 11.1. The maximum Gasteiger partial charge on any atom is 0.341 e. The van der Waals surface area contributed by atoms with E-state index in [-0.39, 0.29) is 0 Å². The molecule has 7 heteroatoms. The molecule has 1 aromatic rings. The zero-order valence-corrected chi connectivity index (χ0v) is 17.6. The standard InChI is InChI=1S/C20H34N4O3/c1-14(2)24(15(3)4)11-10-22-20(21-5)23-13-16-8-9-18(26-6)17(12-16)19(25)27-7/h8-9,12,14-15H,10-11,13H2,1-7H3,(H2,21,22,23). The van der Waals surface area contributed by atoms with Crippen molar-refractivity contribution in [2.45, 2.75) is 46.3 Å². The highest BCUT2D eigenvalue weighted by atomic mass is 16.5. The first-order chi connectivity index (χ1) is 12.8. The number of esters is 1. The van der Waals surface area contributed by atoms with Gasteiger partial charge in [0.25, 0.3) is 0 Å². The average Bonchev–Trinajstić information content (AvgIpc) is 2.65. The fourth-order valence-corrected chi connectivity index (χ4v) is 2.96. The number of aliphatic imine (C=N–C) groups is 1. The molecule has 0 amide bonds. The Labute approximate surface area is 163 Å². The Morgan fingerprint density at radius 3 is 2.33 bits per heavy atom. The van der Waals surface area contributed by atoms with Crippen LogP contribution in [0.1, 0.15) is 43.6 Å². The van der Waals surface area contributed by atoms with Crippen LogP contribution in [0.5, 0.6) is 5.75 Å². The molecule has 0 aromatic heterocycles. The second kappa shape index (κ2) is 11.4. The summed E-state index contributed by atoms with van der Waals surface area (Å²) in [5.41, 5.74) is 1.34. The van der Waals surface area contributed by atoms with E-state index in [1.54, 1.807) is 19.2 Å². The van der Waals surface area contributed by atoms with Crippen molar-refractivity contribution in [2.75, 3.05) is 34.4 Å². The van der Waals surface area contributed by atoms with Crippen molar-refractivity contribution in [1.82, 2.24) is 15.5 Å². The van der Waals surface area contributed by atoms with E-state index >= 15 is 0 Å². The van der Waals surface area contributed by atoms with Crippen molar-refractivity contribution < 1.29 is 14.3 Å². The van der Waals surface area contributed by atoms with Crippen LogP contribution in [-0.4, -0.2) is 63.3 Å². The summed E-state index contributed by atoms with van der Waals surface area (Å²) in [7, 11) is 4.63. The predicted molar refractivity (Wildman–Crippen MR) is 110 cm³/mol. The van der Waals surface area contributed by atoms with Gasteiger partial charge in [-0.15, -0.1) is 0 Å². The van der Waals surface area contributed by atoms with Gasteiger partial charge in [-0.25, -0.2) is 4.79 Å². The summed E-state index contributed by atoms with van der Waals surface area (Å²) in [6.07, 6.45) is 0. The van der Waals surface area contributed by atoms with Gasteiger partial charge in [-0.1, -0.05) is 6.07 Å². The molecule has 0 saturated carbocycles. The third-order valence-corrected chi connectivity index (χ3v) is 4.34. The highest BCUT2D eigenvalue weighted by molar-refractivity contribution is 5.92. The molecule has 0 fully saturated rings. The number of benzene rings is 1. The van der Waals surface area contributed by atoms with Crippen LogP contribution in [0.25, 0.3) is 0 Å². The van der Waals surface area contributed by atoms with Crippen LogP contribution < -0.4 is 15.4 Å². The largest absolute Gasteiger partial charge is 0.496 e. The van der Waals surface area contributed by atoms with Gasteiger partial charge in [-0.3, -0.25) is 9.89 Å². The first-order valence-electron chi connectivity index (χ1n) is 9.29. The van der Waals surface area contributed by atoms with Crippen LogP contribution in [0.2, 0.25) is 0 Å². The molecule has 2 N–H and O–H groups in total. The van der Waals surface area contributed by atoms with Crippen LogP contribution in [0, 0.1) is 0 Å². The Kier molecular flexibility index (Phi) is 9.64. The zero-order chi connectivity index (χ0) is 20.4. The molecule has 1 rings (SSSR count). The van der Waals surface area contributed by atoms with Crippen LogP contribution in [0.3, 0.4) is 0 Å². The second-order valence-corrected chi connectivity index (χ2v) is 6.80. The molecule has 1 aromatic carbocycles. The number of nitrogens with one attached hydrogen (secondary N) is 2. The van der Waals surface area contributed by atoms with E-state index in [4.69, 9.17) is 9.47 Å². The van der Waals surface area contributed by atoms with E-state index < -0.39 is 5.97 Å². The number of nitrogens with zero attached hydrogens (tertiary/aromatic N) is 2. The number of carbonyl (C=O) groups is 1. The monoisotopic (exact) mass is 378 g/mol. The Morgan fingerprint density at radius 1 is 1.15 bits per heavy atom. The van der Waals surface area contributed by atoms with E-state index in [0.717, 1.165) is 24.6 Å². The topological polar surface area (TPSA) is 75.2 Å². The molecule has 0 atom stereocenters. The van der Waals surface area contributed by atoms with Crippen LogP contribution in [0.4, 0.5) is 0 Å². The molecule has 0 aliphatic carbocycles. The third kappa shape index (κ3) is 7.09. The first-order valence-corrected chi connectivity index (χ1v) is 9.29. The summed E-state index contributed by atoms with van der Waals surface area (Å²) >= 11 is 0. The number of methoxy groups -OCH3 is 2. The van der Waals surface area contributed by atoms with Crippen LogP contribution >= 0.6 is 0 Å². The molecular formula is C20H34N4O3. The van der Waals surface area contributed by atoms with Crippen LogP contribution in [0.15, 0.2) is 23.2 Å². The summed E-state index contributed by atoms with van der Waals surface area (Å²) in [4.78, 5) is 18.6. The van der Waals surface area contributed by atoms with Gasteiger partial charge in [0.05, 0.1) is 14.2 Å². The van der Waals surface area contributed by atoms with E-state index in [1.165, 1.54) is 14.2 Å². The Balaban J connectivity index is 2.63. The van der Waals surface area contributed by atoms with Gasteiger partial charge in [0.1, 0.15) is 11.3 Å². The third-order valence-electron chi connectivity index (χ3n) is 4.34. The lowest BCUT2D eigenvalue weighted by molar-refractivity contribution is 0.0597. The maximum absolute atomic E-state index is 11.9. The summed E-state index contributed by atoms with van der Waals surface area (Å²) in [5.74, 6) is 0.798. The first kappa shape index (κ1) is 22.8. The number of ether oxygens (including phenoxy) is 2. The lowest BCUT2D eigenvalue weighted by Gasteiger charge is -2.30. The highest BCUT2D eigenvalue weighted by Crippen LogP contribution is 2.20. The van der Waals surface area contributed by atoms with Gasteiger partial charge < -0.3 is 20.1 Å². The number of hydrogen-bond donors (Lipinski definition) is 2. The minimum atomic E-state index is -0.418. The highest BCUT2D eigenvalue weighted by Gasteiger charge is 2.14. The number of rotatable bonds is 9. The fraction of sp³-hybridized carbons (Fsp3) is 0.600. The van der Waals surface area contributed by atoms with Gasteiger partial charge in [-0.2, -0.15) is 0 Å². The van der Waals surface area contributed by atoms with Crippen molar-refractivity contribution >= 4 is 11.9 Å². The molecule has 0 saturated heterocycles. The van der Waals surface area contributed by atoms with Gasteiger partial charge in [0.15, 0.2) is 5.96 Å². The second-order valence-electron chi connectivity index (χ2n) is 6.80. The number of carbonyl (C=O) groups excluding carboxylic acids is 1. The lowest BCUT2D eigenvalue weighted by Crippen LogP contribution is -2.45. The van der Waals surface area contributed by atoms with Gasteiger partial charge in [-0.05, 0) is 45.4 Å². The molecular weight excluding hydrogens is 344 g/mol. The Hall–Kier alpha value is -2.28. The van der Waals surface area contributed by atoms with E-state index in [9.17, 15) is 4.79 Å². The molecule has 7 nitrogen and oxygen atoms in total. The fourth-order valence-electron chi connectivity index (χ4n) is 2.96. The Bertz CT molecular complexity index is 622. The average molecular weight is 379 g/mol. The van der Waals surface area contributed by atoms with E-state index in [2.05, 4.69) is 48.2 Å². The number of guanidine groups is 1. The smallest absolute Gasteiger partial charge is 0.341 e. The quantitative estimate of drug-likeness (QED) is 0.390. The van der Waals surface area contributed by atoms with Crippen molar-refractivity contribution in [3.63, 3.8) is 0 Å². The molecule has 0 bridgehead atoms. The number of hydrogen-bond acceptors (Lipinski definition) is 5. The molecule has 0 radical (unpaired) electrons. The van der Waals surface area contributed by atoms with Crippen molar-refractivity contribution in [3.05, 3.63) is 29.3 Å². The van der Waals surface area contributed by atoms with Crippen LogP contribution in [-0.2, 0) is 11.3 Å². The molecule has 0 spiro atoms.